The van der Waals surface area contributed by atoms with E-state index in [1.807, 2.05) is 36.4 Å². The number of hydrogen-bond donors (Lipinski definition) is 2. The van der Waals surface area contributed by atoms with E-state index in [1.54, 1.807) is 12.1 Å². The van der Waals surface area contributed by atoms with Gasteiger partial charge >= 0.3 is 0 Å². The van der Waals surface area contributed by atoms with E-state index in [4.69, 9.17) is 9.84 Å². The molecule has 3 rings (SSSR count). The lowest BCUT2D eigenvalue weighted by atomic mass is 10.1. The third kappa shape index (κ3) is 3.06. The van der Waals surface area contributed by atoms with E-state index < -0.39 is 6.10 Å². The number of fused-ring (bicyclic) bond motifs is 1. The van der Waals surface area contributed by atoms with Crippen LogP contribution >= 0.6 is 0 Å². The number of rotatable bonds is 3. The van der Waals surface area contributed by atoms with Crippen LogP contribution in [-0.4, -0.2) is 17.1 Å². The molecule has 108 valence electrons. The van der Waals surface area contributed by atoms with Crippen molar-refractivity contribution in [2.45, 2.75) is 25.6 Å². The highest BCUT2D eigenvalue weighted by molar-refractivity contribution is 5.95. The van der Waals surface area contributed by atoms with Gasteiger partial charge in [0.1, 0.15) is 5.75 Å². The third-order valence-corrected chi connectivity index (χ3v) is 3.60. The van der Waals surface area contributed by atoms with Gasteiger partial charge in [-0.05, 0) is 42.2 Å². The first-order valence-corrected chi connectivity index (χ1v) is 7.01. The van der Waals surface area contributed by atoms with Gasteiger partial charge in [0.2, 0.25) is 0 Å². The number of hydrogen-bond acceptors (Lipinski definition) is 3. The molecule has 1 aliphatic rings. The van der Waals surface area contributed by atoms with Gasteiger partial charge in [-0.1, -0.05) is 30.3 Å². The highest BCUT2D eigenvalue weighted by Gasteiger charge is 2.25. The molecule has 0 bridgehead atoms. The predicted molar refractivity (Wildman–Crippen MR) is 80.2 cm³/mol. The quantitative estimate of drug-likeness (QED) is 0.910. The van der Waals surface area contributed by atoms with Gasteiger partial charge < -0.3 is 15.2 Å². The van der Waals surface area contributed by atoms with Gasteiger partial charge in [0.05, 0.1) is 6.61 Å². The van der Waals surface area contributed by atoms with E-state index in [0.717, 1.165) is 23.2 Å². The Kier molecular flexibility index (Phi) is 3.88. The van der Waals surface area contributed by atoms with Gasteiger partial charge in [-0.2, -0.15) is 0 Å². The fourth-order valence-electron chi connectivity index (χ4n) is 2.49. The zero-order valence-electron chi connectivity index (χ0n) is 11.6. The zero-order chi connectivity index (χ0) is 14.7. The van der Waals surface area contributed by atoms with Crippen LogP contribution in [0.25, 0.3) is 0 Å². The number of aliphatic hydroxyl groups is 1. The largest absolute Gasteiger partial charge is 0.481 e. The van der Waals surface area contributed by atoms with Crippen LogP contribution in [0.1, 0.15) is 17.5 Å². The summed E-state index contributed by atoms with van der Waals surface area (Å²) >= 11 is 0. The van der Waals surface area contributed by atoms with Crippen LogP contribution in [0.2, 0.25) is 0 Å². The maximum Gasteiger partial charge on any atom is 0.265 e. The number of anilines is 1. The SMILES string of the molecule is O=C1Nc2ccccc2CCC1Oc1cccc(CO)c1. The van der Waals surface area contributed by atoms with Crippen LogP contribution in [0.15, 0.2) is 48.5 Å². The summed E-state index contributed by atoms with van der Waals surface area (Å²) in [4.78, 5) is 12.3. The molecule has 0 spiro atoms. The monoisotopic (exact) mass is 283 g/mol. The van der Waals surface area contributed by atoms with Gasteiger partial charge in [0, 0.05) is 5.69 Å². The molecule has 2 N–H and O–H groups in total. The molecule has 0 saturated heterocycles. The number of nitrogens with one attached hydrogen (secondary N) is 1. The molecular formula is C17H17NO3. The molecule has 1 amide bonds. The maximum absolute atomic E-state index is 12.3. The minimum absolute atomic E-state index is 0.0422. The molecule has 4 nitrogen and oxygen atoms in total. The average Bonchev–Trinajstić information content (AvgIpc) is 2.67. The summed E-state index contributed by atoms with van der Waals surface area (Å²) in [6.45, 7) is -0.0422. The maximum atomic E-state index is 12.3. The average molecular weight is 283 g/mol. The summed E-state index contributed by atoms with van der Waals surface area (Å²) in [6, 6.07) is 15.0. The molecule has 0 fully saturated rings. The Morgan fingerprint density at radius 1 is 1.19 bits per heavy atom. The van der Waals surface area contributed by atoms with Gasteiger partial charge in [-0.3, -0.25) is 4.79 Å². The fraction of sp³-hybridized carbons (Fsp3) is 0.235. The summed E-state index contributed by atoms with van der Waals surface area (Å²) in [5.41, 5.74) is 2.75. The van der Waals surface area contributed by atoms with E-state index in [1.165, 1.54) is 0 Å². The number of ether oxygens (including phenoxy) is 1. The first-order valence-electron chi connectivity index (χ1n) is 7.01. The van der Waals surface area contributed by atoms with Gasteiger partial charge in [0.25, 0.3) is 5.91 Å². The summed E-state index contributed by atoms with van der Waals surface area (Å²) in [5, 5.41) is 12.1. The molecule has 2 aromatic rings. The van der Waals surface area contributed by atoms with Crippen molar-refractivity contribution < 1.29 is 14.6 Å². The van der Waals surface area contributed by atoms with E-state index in [-0.39, 0.29) is 12.5 Å². The molecule has 1 aliphatic heterocycles. The number of carbonyl (C=O) groups is 1. The molecule has 21 heavy (non-hydrogen) atoms. The van der Waals surface area contributed by atoms with Gasteiger partial charge in [0.15, 0.2) is 6.10 Å². The number of para-hydroxylation sites is 1. The second kappa shape index (κ2) is 5.97. The Morgan fingerprint density at radius 3 is 2.90 bits per heavy atom. The fourth-order valence-corrected chi connectivity index (χ4v) is 2.49. The standard InChI is InChI=1S/C17H17NO3/c19-11-12-4-3-6-14(10-12)21-16-9-8-13-5-1-2-7-15(13)18-17(16)20/h1-7,10,16,19H,8-9,11H2,(H,18,20). The summed E-state index contributed by atoms with van der Waals surface area (Å²) in [7, 11) is 0. The lowest BCUT2D eigenvalue weighted by Crippen LogP contribution is -2.31. The van der Waals surface area contributed by atoms with Crippen LogP contribution in [0, 0.1) is 0 Å². The Morgan fingerprint density at radius 2 is 2.05 bits per heavy atom. The zero-order valence-corrected chi connectivity index (χ0v) is 11.6. The number of aryl methyl sites for hydroxylation is 1. The minimum atomic E-state index is -0.522. The molecule has 0 aliphatic carbocycles. The Labute approximate surface area is 123 Å². The second-order valence-electron chi connectivity index (χ2n) is 5.10. The van der Waals surface area contributed by atoms with Crippen LogP contribution in [-0.2, 0) is 17.8 Å². The first-order chi connectivity index (χ1) is 10.3. The summed E-state index contributed by atoms with van der Waals surface area (Å²) < 4.78 is 5.80. The lowest BCUT2D eigenvalue weighted by molar-refractivity contribution is -0.122. The number of aliphatic hydroxyl groups excluding tert-OH is 1. The number of benzene rings is 2. The molecule has 0 aromatic heterocycles. The van der Waals surface area contributed by atoms with Crippen LogP contribution in [0.5, 0.6) is 5.75 Å². The van der Waals surface area contributed by atoms with E-state index >= 15 is 0 Å². The topological polar surface area (TPSA) is 58.6 Å². The van der Waals surface area contributed by atoms with Crippen molar-refractivity contribution in [3.63, 3.8) is 0 Å². The van der Waals surface area contributed by atoms with Crippen molar-refractivity contribution in [2.24, 2.45) is 0 Å². The van der Waals surface area contributed by atoms with E-state index in [9.17, 15) is 4.79 Å². The van der Waals surface area contributed by atoms with Crippen LogP contribution < -0.4 is 10.1 Å². The van der Waals surface area contributed by atoms with Crippen molar-refractivity contribution in [2.75, 3.05) is 5.32 Å². The van der Waals surface area contributed by atoms with Gasteiger partial charge in [-0.15, -0.1) is 0 Å². The van der Waals surface area contributed by atoms with Crippen molar-refractivity contribution >= 4 is 11.6 Å². The van der Waals surface area contributed by atoms with Crippen LogP contribution in [0.4, 0.5) is 5.69 Å². The lowest BCUT2D eigenvalue weighted by Gasteiger charge is -2.16. The van der Waals surface area contributed by atoms with Crippen molar-refractivity contribution in [3.05, 3.63) is 59.7 Å². The molecule has 1 atom stereocenters. The van der Waals surface area contributed by atoms with Crippen LogP contribution in [0.3, 0.4) is 0 Å². The number of carbonyl (C=O) groups excluding carboxylic acids is 1. The molecule has 1 heterocycles. The normalized spacial score (nSPS) is 17.6. The Bertz CT molecular complexity index is 654. The third-order valence-electron chi connectivity index (χ3n) is 3.60. The van der Waals surface area contributed by atoms with Crippen molar-refractivity contribution in [1.82, 2.24) is 0 Å². The van der Waals surface area contributed by atoms with Crippen molar-refractivity contribution in [1.29, 1.82) is 0 Å². The van der Waals surface area contributed by atoms with Crippen molar-refractivity contribution in [3.8, 4) is 5.75 Å². The highest BCUT2D eigenvalue weighted by Crippen LogP contribution is 2.24. The number of amides is 1. The highest BCUT2D eigenvalue weighted by atomic mass is 16.5. The molecule has 0 saturated carbocycles. The summed E-state index contributed by atoms with van der Waals surface area (Å²) in [6.07, 6.45) is 0.900. The smallest absolute Gasteiger partial charge is 0.265 e. The molecule has 4 heteroatoms. The second-order valence-corrected chi connectivity index (χ2v) is 5.10. The first kappa shape index (κ1) is 13.6. The molecule has 1 unspecified atom stereocenters. The molecule has 0 radical (unpaired) electrons. The summed E-state index contributed by atoms with van der Waals surface area (Å²) in [5.74, 6) is 0.474. The predicted octanol–water partition coefficient (Wildman–Crippen LogP) is 2.51. The van der Waals surface area contributed by atoms with E-state index in [0.29, 0.717) is 12.2 Å². The minimum Gasteiger partial charge on any atom is -0.481 e. The molecular weight excluding hydrogens is 266 g/mol. The molecule has 2 aromatic carbocycles. The Hall–Kier alpha value is -2.33. The Balaban J connectivity index is 1.76. The van der Waals surface area contributed by atoms with E-state index in [2.05, 4.69) is 5.32 Å². The van der Waals surface area contributed by atoms with Gasteiger partial charge in [-0.25, -0.2) is 0 Å².